The molecule has 0 N–H and O–H groups in total. The fraction of sp³-hybridized carbons (Fsp3) is 1.00. The van der Waals surface area contributed by atoms with Crippen LogP contribution in [0.15, 0.2) is 0 Å². The largest absolute Gasteiger partial charge is 0.408 e. The third-order valence-electron chi connectivity index (χ3n) is 3.03. The van der Waals surface area contributed by atoms with Crippen LogP contribution in [-0.2, 0) is 4.43 Å². The highest BCUT2D eigenvalue weighted by Gasteiger charge is 2.09. The maximum absolute atomic E-state index is 5.79. The lowest BCUT2D eigenvalue weighted by Gasteiger charge is -2.17. The molecule has 0 radical (unpaired) electrons. The lowest BCUT2D eigenvalue weighted by molar-refractivity contribution is 0.283. The highest BCUT2D eigenvalue weighted by atomic mass is 79.9. The van der Waals surface area contributed by atoms with Crippen LogP contribution >= 0.6 is 15.9 Å². The molecular formula is C15H33BrOSi. The monoisotopic (exact) mass is 336 g/mol. The number of rotatable bonds is 10. The molecule has 3 heteroatoms. The van der Waals surface area contributed by atoms with Gasteiger partial charge in [0.05, 0.1) is 0 Å². The molecule has 1 atom stereocenters. The maximum Gasteiger partial charge on any atom is 0.172 e. The molecule has 0 aliphatic rings. The summed E-state index contributed by atoms with van der Waals surface area (Å²) < 4.78 is 5.79. The van der Waals surface area contributed by atoms with Crippen LogP contribution in [-0.4, -0.2) is 14.1 Å². The molecule has 110 valence electrons. The van der Waals surface area contributed by atoms with Gasteiger partial charge in [-0.05, 0) is 31.4 Å². The molecule has 1 unspecified atom stereocenters. The fourth-order valence-electron chi connectivity index (χ4n) is 2.03. The van der Waals surface area contributed by atoms with Gasteiger partial charge in [-0.15, -0.1) is 0 Å². The third-order valence-corrected chi connectivity index (χ3v) is 4.97. The molecule has 0 fully saturated rings. The van der Waals surface area contributed by atoms with Crippen LogP contribution in [0.3, 0.4) is 0 Å². The number of unbranched alkanes of at least 4 members (excludes halogenated alkanes) is 5. The Morgan fingerprint density at radius 3 is 1.94 bits per heavy atom. The van der Waals surface area contributed by atoms with Crippen molar-refractivity contribution in [2.45, 2.75) is 90.2 Å². The topological polar surface area (TPSA) is 9.23 Å². The van der Waals surface area contributed by atoms with Gasteiger partial charge < -0.3 is 4.43 Å². The highest BCUT2D eigenvalue weighted by Crippen LogP contribution is 2.22. The summed E-state index contributed by atoms with van der Waals surface area (Å²) in [6.45, 7) is 11.5. The molecule has 0 saturated heterocycles. The Morgan fingerprint density at radius 1 is 0.944 bits per heavy atom. The molecular weight excluding hydrogens is 304 g/mol. The molecule has 0 aromatic rings. The second kappa shape index (κ2) is 10.4. The zero-order valence-corrected chi connectivity index (χ0v) is 15.8. The van der Waals surface area contributed by atoms with Gasteiger partial charge in [0.15, 0.2) is 9.04 Å². The van der Waals surface area contributed by atoms with Crippen LogP contribution in [0.5, 0.6) is 0 Å². The minimum absolute atomic E-state index is 0.310. The highest BCUT2D eigenvalue weighted by molar-refractivity contribution is 9.09. The standard InChI is InChI=1S/C15H33BrOSi/c1-15(2,3)13-11-9-7-6-8-10-12-14(16)17-18(4)5/h14,18H,6-13H2,1-5H3. The van der Waals surface area contributed by atoms with E-state index in [0.717, 1.165) is 0 Å². The van der Waals surface area contributed by atoms with Gasteiger partial charge in [-0.3, -0.25) is 0 Å². The first-order valence-electron chi connectivity index (χ1n) is 7.61. The van der Waals surface area contributed by atoms with E-state index in [1.54, 1.807) is 0 Å². The molecule has 0 aromatic carbocycles. The average Bonchev–Trinajstić information content (AvgIpc) is 2.19. The van der Waals surface area contributed by atoms with E-state index in [4.69, 9.17) is 4.43 Å². The summed E-state index contributed by atoms with van der Waals surface area (Å²) >= 11 is 3.61. The maximum atomic E-state index is 5.79. The number of halogens is 1. The first kappa shape index (κ1) is 18.7. The summed E-state index contributed by atoms with van der Waals surface area (Å²) in [5.41, 5.74) is 0.515. The van der Waals surface area contributed by atoms with Gasteiger partial charge in [-0.2, -0.15) is 0 Å². The second-order valence-electron chi connectivity index (χ2n) is 6.82. The van der Waals surface area contributed by atoms with Crippen molar-refractivity contribution in [3.05, 3.63) is 0 Å². The Morgan fingerprint density at radius 2 is 1.44 bits per heavy atom. The smallest absolute Gasteiger partial charge is 0.172 e. The van der Waals surface area contributed by atoms with Gasteiger partial charge in [0.2, 0.25) is 0 Å². The lowest BCUT2D eigenvalue weighted by atomic mass is 9.89. The van der Waals surface area contributed by atoms with Crippen LogP contribution < -0.4 is 0 Å². The van der Waals surface area contributed by atoms with E-state index < -0.39 is 9.04 Å². The molecule has 0 saturated carbocycles. The van der Waals surface area contributed by atoms with Gasteiger partial charge >= 0.3 is 0 Å². The number of hydrogen-bond acceptors (Lipinski definition) is 1. The predicted molar refractivity (Wildman–Crippen MR) is 89.1 cm³/mol. The first-order chi connectivity index (χ1) is 8.31. The quantitative estimate of drug-likeness (QED) is 0.275. The van der Waals surface area contributed by atoms with Crippen molar-refractivity contribution >= 4 is 25.0 Å². The zero-order valence-electron chi connectivity index (χ0n) is 13.1. The minimum atomic E-state index is -0.866. The summed E-state index contributed by atoms with van der Waals surface area (Å²) in [6.07, 6.45) is 10.8. The van der Waals surface area contributed by atoms with E-state index in [1.807, 2.05) is 0 Å². The van der Waals surface area contributed by atoms with Gasteiger partial charge in [0, 0.05) is 0 Å². The van der Waals surface area contributed by atoms with Crippen LogP contribution in [0.25, 0.3) is 0 Å². The van der Waals surface area contributed by atoms with E-state index in [0.29, 0.717) is 10.4 Å². The minimum Gasteiger partial charge on any atom is -0.408 e. The SMILES string of the molecule is C[SiH](C)OC(Br)CCCCCCCCC(C)(C)C. The van der Waals surface area contributed by atoms with Crippen LogP contribution in [0.2, 0.25) is 13.1 Å². The molecule has 0 heterocycles. The van der Waals surface area contributed by atoms with Crippen LogP contribution in [0.4, 0.5) is 0 Å². The van der Waals surface area contributed by atoms with E-state index >= 15 is 0 Å². The number of hydrogen-bond donors (Lipinski definition) is 0. The molecule has 0 amide bonds. The molecule has 0 bridgehead atoms. The van der Waals surface area contributed by atoms with Crippen molar-refractivity contribution in [1.29, 1.82) is 0 Å². The van der Waals surface area contributed by atoms with Gasteiger partial charge in [0.25, 0.3) is 0 Å². The Hall–Kier alpha value is 0.657. The fourth-order valence-corrected chi connectivity index (χ4v) is 4.38. The Balaban J connectivity index is 3.21. The molecule has 0 aromatic heterocycles. The summed E-state index contributed by atoms with van der Waals surface area (Å²) in [5.74, 6) is 0. The van der Waals surface area contributed by atoms with Gasteiger partial charge in [-0.25, -0.2) is 0 Å². The van der Waals surface area contributed by atoms with Crippen molar-refractivity contribution in [3.63, 3.8) is 0 Å². The molecule has 18 heavy (non-hydrogen) atoms. The summed E-state index contributed by atoms with van der Waals surface area (Å²) in [4.78, 5) is 0. The zero-order chi connectivity index (χ0) is 14.0. The van der Waals surface area contributed by atoms with E-state index in [1.165, 1.54) is 51.4 Å². The Labute approximate surface area is 125 Å². The average molecular weight is 337 g/mol. The summed E-state index contributed by atoms with van der Waals surface area (Å²) in [6, 6.07) is 0. The lowest BCUT2D eigenvalue weighted by Crippen LogP contribution is -2.14. The molecule has 0 spiro atoms. The summed E-state index contributed by atoms with van der Waals surface area (Å²) in [7, 11) is -0.866. The van der Waals surface area contributed by atoms with Crippen LogP contribution in [0, 0.1) is 5.41 Å². The van der Waals surface area contributed by atoms with Crippen molar-refractivity contribution in [2.75, 3.05) is 0 Å². The normalized spacial score (nSPS) is 14.2. The van der Waals surface area contributed by atoms with E-state index in [2.05, 4.69) is 49.8 Å². The molecule has 0 aliphatic heterocycles. The summed E-state index contributed by atoms with van der Waals surface area (Å²) in [5, 5.41) is 0.310. The van der Waals surface area contributed by atoms with Crippen molar-refractivity contribution in [1.82, 2.24) is 0 Å². The van der Waals surface area contributed by atoms with E-state index in [9.17, 15) is 0 Å². The van der Waals surface area contributed by atoms with E-state index in [-0.39, 0.29) is 0 Å². The Bertz CT molecular complexity index is 189. The third kappa shape index (κ3) is 14.7. The Kier molecular flexibility index (Phi) is 10.8. The van der Waals surface area contributed by atoms with Gasteiger partial charge in [-0.1, -0.05) is 75.2 Å². The van der Waals surface area contributed by atoms with Crippen molar-refractivity contribution in [2.24, 2.45) is 5.41 Å². The second-order valence-corrected chi connectivity index (χ2v) is 10.2. The first-order valence-corrected chi connectivity index (χ1v) is 11.3. The van der Waals surface area contributed by atoms with Gasteiger partial charge in [0.1, 0.15) is 5.01 Å². The molecule has 1 nitrogen and oxygen atoms in total. The van der Waals surface area contributed by atoms with Crippen molar-refractivity contribution < 1.29 is 4.43 Å². The van der Waals surface area contributed by atoms with Crippen molar-refractivity contribution in [3.8, 4) is 0 Å². The predicted octanol–water partition coefficient (Wildman–Crippen LogP) is 5.87. The molecule has 0 aliphatic carbocycles. The number of alkyl halides is 1. The molecule has 0 rings (SSSR count). The van der Waals surface area contributed by atoms with Crippen LogP contribution in [0.1, 0.15) is 72.1 Å².